The molecule has 1 unspecified atom stereocenters. The van der Waals surface area contributed by atoms with Gasteiger partial charge in [0.2, 0.25) is 0 Å². The van der Waals surface area contributed by atoms with Crippen molar-refractivity contribution in [3.63, 3.8) is 0 Å². The van der Waals surface area contributed by atoms with E-state index < -0.39 is 6.16 Å². The molecule has 1 aliphatic carbocycles. The zero-order valence-electron chi connectivity index (χ0n) is 23.3. The van der Waals surface area contributed by atoms with Crippen LogP contribution in [0.1, 0.15) is 55.8 Å². The van der Waals surface area contributed by atoms with Crippen LogP contribution in [0.25, 0.3) is 0 Å². The van der Waals surface area contributed by atoms with Gasteiger partial charge in [-0.15, -0.1) is 0 Å². The number of benzene rings is 2. The molecule has 1 aliphatic heterocycles. The lowest BCUT2D eigenvalue weighted by molar-refractivity contribution is 0.129. The fraction of sp³-hybridized carbons (Fsp3) is 0.387. The molecule has 0 saturated carbocycles. The van der Waals surface area contributed by atoms with Crippen LogP contribution in [0.5, 0.6) is 5.75 Å². The van der Waals surface area contributed by atoms with Crippen LogP contribution in [-0.4, -0.2) is 53.4 Å². The molecule has 0 bridgehead atoms. The Morgan fingerprint density at radius 1 is 1.07 bits per heavy atom. The number of carboxylic acid groups (broad SMARTS) is 1. The number of carbonyl (C=O) groups excluding carboxylic acids is 1. The molecule has 1 fully saturated rings. The van der Waals surface area contributed by atoms with E-state index in [9.17, 15) is 14.7 Å². The second-order valence-electron chi connectivity index (χ2n) is 11.3. The molecule has 2 aliphatic rings. The number of anilines is 2. The van der Waals surface area contributed by atoms with Crippen molar-refractivity contribution in [3.05, 3.63) is 82.6 Å². The number of ether oxygens (including phenoxy) is 1. The van der Waals surface area contributed by atoms with Gasteiger partial charge < -0.3 is 19.6 Å². The van der Waals surface area contributed by atoms with E-state index in [0.717, 1.165) is 60.4 Å². The highest BCUT2D eigenvalue weighted by atomic mass is 35.5. The summed E-state index contributed by atoms with van der Waals surface area (Å²) in [6, 6.07) is 14.7. The zero-order chi connectivity index (χ0) is 28.6. The largest absolute Gasteiger partial charge is 0.511 e. The first-order valence-electron chi connectivity index (χ1n) is 13.6. The highest BCUT2D eigenvalue weighted by Gasteiger charge is 2.45. The van der Waals surface area contributed by atoms with Gasteiger partial charge in [0.05, 0.1) is 6.04 Å². The predicted octanol–water partition coefficient (Wildman–Crippen LogP) is 7.05. The van der Waals surface area contributed by atoms with E-state index in [1.807, 2.05) is 48.2 Å². The minimum Gasteiger partial charge on any atom is -0.449 e. The Morgan fingerprint density at radius 3 is 2.42 bits per heavy atom. The average molecular weight is 563 g/mol. The van der Waals surface area contributed by atoms with Crippen LogP contribution < -0.4 is 14.5 Å². The Labute approximate surface area is 240 Å². The van der Waals surface area contributed by atoms with E-state index in [1.165, 1.54) is 0 Å². The number of piperidine rings is 1. The molecule has 40 heavy (non-hydrogen) atoms. The molecule has 9 heteroatoms. The average Bonchev–Trinajstić information content (AvgIpc) is 3.19. The summed E-state index contributed by atoms with van der Waals surface area (Å²) in [6.07, 6.45) is 4.56. The summed E-state index contributed by atoms with van der Waals surface area (Å²) in [7, 11) is 1.79. The van der Waals surface area contributed by atoms with E-state index >= 15 is 0 Å². The van der Waals surface area contributed by atoms with Crippen molar-refractivity contribution in [2.75, 3.05) is 29.9 Å². The van der Waals surface area contributed by atoms with Gasteiger partial charge in [0.1, 0.15) is 5.75 Å². The lowest BCUT2D eigenvalue weighted by Gasteiger charge is -2.44. The summed E-state index contributed by atoms with van der Waals surface area (Å²) in [4.78, 5) is 35.9. The van der Waals surface area contributed by atoms with Crippen LogP contribution in [0.4, 0.5) is 21.0 Å². The van der Waals surface area contributed by atoms with Crippen LogP contribution in [-0.2, 0) is 5.41 Å². The summed E-state index contributed by atoms with van der Waals surface area (Å²) < 4.78 is 5.02. The molecule has 0 radical (unpaired) electrons. The molecule has 8 nitrogen and oxygen atoms in total. The SMILES string of the molecule is Cc1ccc(N(C)C(=O)N(C2CCN(c3ccncc3)CC2)C2CC(C)(C)c3ccc(OC(=O)O)cc32)cc1Cl. The van der Waals surface area contributed by atoms with Crippen molar-refractivity contribution in [1.82, 2.24) is 9.88 Å². The smallest absolute Gasteiger partial charge is 0.449 e. The van der Waals surface area contributed by atoms with E-state index in [4.69, 9.17) is 16.3 Å². The molecule has 1 aromatic heterocycles. The van der Waals surface area contributed by atoms with Gasteiger partial charge in [-0.25, -0.2) is 9.59 Å². The number of amides is 2. The number of carbonyl (C=O) groups is 2. The van der Waals surface area contributed by atoms with Gasteiger partial charge in [0.25, 0.3) is 0 Å². The molecular formula is C31H35ClN4O4. The molecular weight excluding hydrogens is 528 g/mol. The standard InChI is InChI=1S/C31H35ClN4O4/c1-20-5-6-23(17-27(20)32)34(4)29(37)36(22-11-15-35(16-12-22)21-9-13-33-14-10-21)28-19-31(2,3)26-8-7-24(18-25(26)28)40-30(38)39/h5-10,13-14,17-18,22,28H,11-12,15-16,19H2,1-4H3,(H,38,39). The van der Waals surface area contributed by atoms with Gasteiger partial charge >= 0.3 is 12.2 Å². The number of halogens is 1. The van der Waals surface area contributed by atoms with Crippen LogP contribution >= 0.6 is 11.6 Å². The molecule has 0 spiro atoms. The van der Waals surface area contributed by atoms with Crippen molar-refractivity contribution in [2.45, 2.75) is 57.5 Å². The maximum absolute atomic E-state index is 14.4. The number of fused-ring (bicyclic) bond motifs is 1. The second kappa shape index (κ2) is 11.0. The maximum atomic E-state index is 14.4. The molecule has 2 aromatic carbocycles. The number of aryl methyl sites for hydroxylation is 1. The van der Waals surface area contributed by atoms with Crippen molar-refractivity contribution < 1.29 is 19.4 Å². The number of hydrogen-bond acceptors (Lipinski definition) is 5. The molecule has 1 N–H and O–H groups in total. The summed E-state index contributed by atoms with van der Waals surface area (Å²) in [5.41, 5.74) is 4.63. The first-order valence-corrected chi connectivity index (χ1v) is 14.0. The first-order chi connectivity index (χ1) is 19.0. The normalized spacial score (nSPS) is 18.2. The number of urea groups is 1. The lowest BCUT2D eigenvalue weighted by Crippen LogP contribution is -2.52. The third-order valence-corrected chi connectivity index (χ3v) is 8.70. The molecule has 1 saturated heterocycles. The Morgan fingerprint density at radius 2 is 1.77 bits per heavy atom. The van der Waals surface area contributed by atoms with Crippen LogP contribution in [0, 0.1) is 6.92 Å². The summed E-state index contributed by atoms with van der Waals surface area (Å²) in [5, 5.41) is 9.84. The van der Waals surface area contributed by atoms with E-state index in [-0.39, 0.29) is 29.3 Å². The van der Waals surface area contributed by atoms with Crippen molar-refractivity contribution in [1.29, 1.82) is 0 Å². The summed E-state index contributed by atoms with van der Waals surface area (Å²) in [5.74, 6) is 0.257. The molecule has 210 valence electrons. The van der Waals surface area contributed by atoms with E-state index in [2.05, 4.69) is 23.7 Å². The van der Waals surface area contributed by atoms with Crippen molar-refractivity contribution in [3.8, 4) is 5.75 Å². The van der Waals surface area contributed by atoms with Gasteiger partial charge in [-0.2, -0.15) is 0 Å². The van der Waals surface area contributed by atoms with Gasteiger partial charge in [0, 0.05) is 55.0 Å². The Kier molecular flexibility index (Phi) is 7.64. The first kappa shape index (κ1) is 27.8. The third kappa shape index (κ3) is 5.45. The van der Waals surface area contributed by atoms with Gasteiger partial charge in [-0.3, -0.25) is 9.88 Å². The summed E-state index contributed by atoms with van der Waals surface area (Å²) >= 11 is 6.43. The van der Waals surface area contributed by atoms with E-state index in [1.54, 1.807) is 36.5 Å². The monoisotopic (exact) mass is 562 g/mol. The molecule has 2 amide bonds. The second-order valence-corrected chi connectivity index (χ2v) is 11.7. The molecule has 5 rings (SSSR count). The molecule has 1 atom stereocenters. The Balaban J connectivity index is 1.51. The predicted molar refractivity (Wildman–Crippen MR) is 157 cm³/mol. The lowest BCUT2D eigenvalue weighted by atomic mass is 9.86. The minimum absolute atomic E-state index is 0.00949. The number of nitrogens with zero attached hydrogens (tertiary/aromatic N) is 4. The number of rotatable bonds is 5. The molecule has 3 aromatic rings. The van der Waals surface area contributed by atoms with Crippen molar-refractivity contribution >= 4 is 35.2 Å². The topological polar surface area (TPSA) is 86.2 Å². The molecule has 2 heterocycles. The van der Waals surface area contributed by atoms with Crippen LogP contribution in [0.2, 0.25) is 5.02 Å². The highest BCUT2D eigenvalue weighted by molar-refractivity contribution is 6.31. The van der Waals surface area contributed by atoms with Gasteiger partial charge in [0.15, 0.2) is 0 Å². The van der Waals surface area contributed by atoms with Crippen molar-refractivity contribution in [2.24, 2.45) is 0 Å². The summed E-state index contributed by atoms with van der Waals surface area (Å²) in [6.45, 7) is 7.89. The third-order valence-electron chi connectivity index (χ3n) is 8.29. The minimum atomic E-state index is -1.36. The fourth-order valence-electron chi connectivity index (χ4n) is 6.12. The quantitative estimate of drug-likeness (QED) is 0.265. The fourth-order valence-corrected chi connectivity index (χ4v) is 6.30. The Hall–Kier alpha value is -3.78. The maximum Gasteiger partial charge on any atom is 0.511 e. The van der Waals surface area contributed by atoms with Gasteiger partial charge in [-0.1, -0.05) is 37.6 Å². The number of pyridine rings is 1. The Bertz CT molecular complexity index is 1410. The van der Waals surface area contributed by atoms with E-state index in [0.29, 0.717) is 5.02 Å². The highest BCUT2D eigenvalue weighted by Crippen LogP contribution is 2.50. The zero-order valence-corrected chi connectivity index (χ0v) is 24.1. The van der Waals surface area contributed by atoms with Crippen LogP contribution in [0.3, 0.4) is 0 Å². The van der Waals surface area contributed by atoms with Gasteiger partial charge in [-0.05, 0) is 84.7 Å². The number of aromatic nitrogens is 1. The van der Waals surface area contributed by atoms with Crippen LogP contribution in [0.15, 0.2) is 60.9 Å². The number of hydrogen-bond donors (Lipinski definition) is 1.